The number of hydrogen-bond donors (Lipinski definition) is 0. The van der Waals surface area contributed by atoms with Crippen LogP contribution < -0.4 is 20.6 Å². The van der Waals surface area contributed by atoms with E-state index < -0.39 is 0 Å². The molecule has 0 radical (unpaired) electrons. The third-order valence-electron chi connectivity index (χ3n) is 18.6. The van der Waals surface area contributed by atoms with Crippen LogP contribution in [0.2, 0.25) is 0 Å². The van der Waals surface area contributed by atoms with Gasteiger partial charge in [-0.25, -0.2) is 0 Å². The molecule has 10 aromatic rings. The molecule has 4 heterocycles. The van der Waals surface area contributed by atoms with Crippen LogP contribution in [0.3, 0.4) is 0 Å². The van der Waals surface area contributed by atoms with Gasteiger partial charge in [0.2, 0.25) is 0 Å². The first-order chi connectivity index (χ1) is 35.8. The molecule has 75 heavy (non-hydrogen) atoms. The largest absolute Gasteiger partial charge is 0.376 e. The second-order valence-electron chi connectivity index (χ2n) is 26.2. The van der Waals surface area contributed by atoms with Gasteiger partial charge in [0.15, 0.2) is 0 Å². The first-order valence-corrected chi connectivity index (χ1v) is 29.2. The van der Waals surface area contributed by atoms with Crippen LogP contribution in [0.1, 0.15) is 130 Å². The van der Waals surface area contributed by atoms with Gasteiger partial charge in [-0.05, 0) is 168 Å². The monoisotopic (exact) mass is 1010 g/mol. The summed E-state index contributed by atoms with van der Waals surface area (Å²) in [4.78, 5) is 5.56. The number of fused-ring (bicyclic) bond motifs is 12. The van der Waals surface area contributed by atoms with Gasteiger partial charge in [0.1, 0.15) is 0 Å². The van der Waals surface area contributed by atoms with E-state index in [9.17, 15) is 0 Å². The maximum Gasteiger partial charge on any atom is 0.334 e. The summed E-state index contributed by atoms with van der Waals surface area (Å²) in [6.07, 6.45) is 4.69. The Hall–Kier alpha value is -6.40. The average Bonchev–Trinajstić information content (AvgIpc) is 3.98. The maximum atomic E-state index is 2.82. The van der Waals surface area contributed by atoms with E-state index in [1.807, 2.05) is 22.7 Å². The van der Waals surface area contributed by atoms with E-state index in [0.29, 0.717) is 0 Å². The van der Waals surface area contributed by atoms with Crippen molar-refractivity contribution in [2.75, 3.05) is 9.71 Å². The Kier molecular flexibility index (Phi) is 10.1. The molecule has 0 unspecified atom stereocenters. The molecule has 0 bridgehead atoms. The van der Waals surface area contributed by atoms with Crippen LogP contribution in [-0.4, -0.2) is 6.85 Å². The minimum atomic E-state index is -0.132. The molecule has 14 rings (SSSR count). The Morgan fingerprint density at radius 3 is 1.76 bits per heavy atom. The zero-order valence-corrected chi connectivity index (χ0v) is 47.3. The summed E-state index contributed by atoms with van der Waals surface area (Å²) < 4.78 is 4.08. The van der Waals surface area contributed by atoms with Gasteiger partial charge in [-0.2, -0.15) is 0 Å². The number of hydrogen-bond acceptors (Lipinski definition) is 4. The van der Waals surface area contributed by atoms with Gasteiger partial charge in [0, 0.05) is 58.6 Å². The third kappa shape index (κ3) is 7.02. The fourth-order valence-electron chi connectivity index (χ4n) is 13.9. The molecular formula is C70H67BN2S2. The lowest BCUT2D eigenvalue weighted by Crippen LogP contribution is -2.61. The molecule has 0 spiro atoms. The molecule has 8 aromatic carbocycles. The Balaban J connectivity index is 1.18. The van der Waals surface area contributed by atoms with Crippen molar-refractivity contribution < 1.29 is 0 Å². The fraction of sp³-hybridized carbons (Fsp3) is 0.286. The molecule has 2 aromatic heterocycles. The quantitative estimate of drug-likeness (QED) is 0.162. The standard InChI is InChI=1S/C70H67BN2S2/c1-66(2,3)45-27-31-56(49(37-45)43-22-16-13-17-23-43)72-58-40-50-47-24-18-19-25-59(47)74-64(50)61-48-29-26-44(42-20-14-12-15-21-42)36-57(48)73(46-28-30-52-53(38-46)68(6,7)33-32-67(52,4)5)71(63(58)61)62-51-39-54-55(41-60(51)75-65(62)72)70(10,11)35-34-69(54,8)9/h12-31,36-41H,32-35H2,1-11H3. The highest BCUT2D eigenvalue weighted by atomic mass is 32.1. The minimum Gasteiger partial charge on any atom is -0.376 e. The highest BCUT2D eigenvalue weighted by molar-refractivity contribution is 7.27. The SMILES string of the molecule is CC(C)(C)c1ccc(N2c3cc4c(sc5ccccc54)c4c3B(c3c2sc2cc5c(cc32)C(C)(C)CCC5(C)C)N(c2ccc3c(c2)C(C)(C)CCC3(C)C)c2cc(-c3ccccc3)ccc2-4)c(-c2ccccc2)c1. The number of anilines is 5. The second kappa shape index (κ2) is 16.1. The van der Waals surface area contributed by atoms with Crippen LogP contribution in [-0.2, 0) is 27.1 Å². The number of rotatable bonds is 4. The van der Waals surface area contributed by atoms with Crippen molar-refractivity contribution in [3.8, 4) is 33.4 Å². The lowest BCUT2D eigenvalue weighted by molar-refractivity contribution is 0.332. The van der Waals surface area contributed by atoms with Crippen molar-refractivity contribution in [1.82, 2.24) is 0 Å². The van der Waals surface area contributed by atoms with Crippen molar-refractivity contribution in [1.29, 1.82) is 0 Å². The molecule has 4 aliphatic rings. The van der Waals surface area contributed by atoms with E-state index in [-0.39, 0.29) is 33.9 Å². The lowest BCUT2D eigenvalue weighted by atomic mass is 9.43. The summed E-state index contributed by atoms with van der Waals surface area (Å²) in [5, 5.41) is 5.36. The smallest absolute Gasteiger partial charge is 0.334 e. The van der Waals surface area contributed by atoms with Gasteiger partial charge in [0.05, 0.1) is 10.7 Å². The Bertz CT molecular complexity index is 4010. The number of nitrogens with zero attached hydrogens (tertiary/aromatic N) is 2. The second-order valence-corrected chi connectivity index (χ2v) is 28.3. The van der Waals surface area contributed by atoms with Crippen LogP contribution in [0.5, 0.6) is 0 Å². The summed E-state index contributed by atoms with van der Waals surface area (Å²) in [5.74, 6) is 0. The van der Waals surface area contributed by atoms with Crippen molar-refractivity contribution in [2.24, 2.45) is 0 Å². The molecule has 0 amide bonds. The molecule has 5 heteroatoms. The van der Waals surface area contributed by atoms with Crippen LogP contribution in [0.15, 0.2) is 158 Å². The highest BCUT2D eigenvalue weighted by Gasteiger charge is 2.50. The third-order valence-corrected chi connectivity index (χ3v) is 20.9. The van der Waals surface area contributed by atoms with E-state index in [0.717, 1.165) is 6.42 Å². The first kappa shape index (κ1) is 47.1. The van der Waals surface area contributed by atoms with Crippen LogP contribution in [0.25, 0.3) is 63.6 Å². The molecule has 372 valence electrons. The van der Waals surface area contributed by atoms with Gasteiger partial charge < -0.3 is 9.71 Å². The summed E-state index contributed by atoms with van der Waals surface area (Å²) in [6.45, 7) is 26.8. The van der Waals surface area contributed by atoms with Gasteiger partial charge in [-0.1, -0.05) is 179 Å². The molecule has 0 saturated heterocycles. The number of thiophene rings is 2. The van der Waals surface area contributed by atoms with Crippen molar-refractivity contribution in [3.05, 3.63) is 186 Å². The predicted molar refractivity (Wildman–Crippen MR) is 329 cm³/mol. The minimum absolute atomic E-state index is 0.0335. The zero-order valence-electron chi connectivity index (χ0n) is 45.6. The summed E-state index contributed by atoms with van der Waals surface area (Å²) in [7, 11) is 0. The molecule has 2 nitrogen and oxygen atoms in total. The highest BCUT2D eigenvalue weighted by Crippen LogP contribution is 2.58. The Morgan fingerprint density at radius 2 is 1.07 bits per heavy atom. The van der Waals surface area contributed by atoms with E-state index in [4.69, 9.17) is 0 Å². The summed E-state index contributed by atoms with van der Waals surface area (Å²) in [6, 6.07) is 61.8. The normalized spacial score (nSPS) is 17.7. The molecule has 2 aliphatic heterocycles. The predicted octanol–water partition coefficient (Wildman–Crippen LogP) is 19.3. The topological polar surface area (TPSA) is 6.48 Å². The Labute approximate surface area is 453 Å². The lowest BCUT2D eigenvalue weighted by Gasteiger charge is -2.47. The molecular weight excluding hydrogens is 944 g/mol. The average molecular weight is 1010 g/mol. The summed E-state index contributed by atoms with van der Waals surface area (Å²) in [5.41, 5.74) is 23.0. The van der Waals surface area contributed by atoms with Crippen LogP contribution in [0.4, 0.5) is 27.8 Å². The van der Waals surface area contributed by atoms with Crippen LogP contribution in [0, 0.1) is 0 Å². The molecule has 2 aliphatic carbocycles. The van der Waals surface area contributed by atoms with Gasteiger partial charge in [-0.3, -0.25) is 0 Å². The number of benzene rings is 8. The van der Waals surface area contributed by atoms with E-state index >= 15 is 0 Å². The van der Waals surface area contributed by atoms with Crippen molar-refractivity contribution in [2.45, 2.75) is 129 Å². The van der Waals surface area contributed by atoms with Crippen molar-refractivity contribution >= 4 is 98.5 Å². The van der Waals surface area contributed by atoms with E-state index in [1.165, 1.54) is 149 Å². The summed E-state index contributed by atoms with van der Waals surface area (Å²) >= 11 is 3.99. The van der Waals surface area contributed by atoms with Gasteiger partial charge in [-0.15, -0.1) is 22.7 Å². The Morgan fingerprint density at radius 1 is 0.440 bits per heavy atom. The molecule has 0 atom stereocenters. The van der Waals surface area contributed by atoms with Gasteiger partial charge >= 0.3 is 6.85 Å². The molecule has 0 fully saturated rings. The fourth-order valence-corrected chi connectivity index (χ4v) is 16.4. The first-order valence-electron chi connectivity index (χ1n) is 27.5. The maximum absolute atomic E-state index is 2.82. The van der Waals surface area contributed by atoms with Gasteiger partial charge in [0.25, 0.3) is 0 Å². The molecule has 0 N–H and O–H groups in total. The van der Waals surface area contributed by atoms with E-state index in [1.54, 1.807) is 0 Å². The zero-order chi connectivity index (χ0) is 51.7. The van der Waals surface area contributed by atoms with Crippen molar-refractivity contribution in [3.63, 3.8) is 0 Å². The van der Waals surface area contributed by atoms with E-state index in [2.05, 4.69) is 244 Å². The van der Waals surface area contributed by atoms with Crippen LogP contribution >= 0.6 is 22.7 Å². The molecule has 0 saturated carbocycles.